The molecule has 8 rings (SSSR count). The number of thiophene rings is 1. The first kappa shape index (κ1) is 23.0. The monoisotopic (exact) mass is 528 g/mol. The number of furan rings is 1. The van der Waals surface area contributed by atoms with Gasteiger partial charge < -0.3 is 4.42 Å². The molecule has 2 heteroatoms. The second-order valence-electron chi connectivity index (χ2n) is 10.1. The Morgan fingerprint density at radius 2 is 1.00 bits per heavy atom. The minimum Gasteiger partial charge on any atom is -0.455 e. The van der Waals surface area contributed by atoms with E-state index in [1.54, 1.807) is 0 Å². The van der Waals surface area contributed by atoms with E-state index in [1.807, 2.05) is 11.3 Å². The van der Waals surface area contributed by atoms with Crippen LogP contribution in [0, 0.1) is 0 Å². The Bertz CT molecular complexity index is 2150. The number of hydrogen-bond donors (Lipinski definition) is 0. The average Bonchev–Trinajstić information content (AvgIpc) is 3.61. The molecule has 0 spiro atoms. The molecule has 0 saturated carbocycles. The summed E-state index contributed by atoms with van der Waals surface area (Å²) in [5, 5.41) is 4.77. The molecule has 0 N–H and O–H groups in total. The SMILES string of the molecule is c1ccc(-c2cccc(-c3oc(-c4c(-c5ccccc5)ccc5sc6ccccc6c45)c4ccccc34)c2)cc1. The Kier molecular flexibility index (Phi) is 5.39. The van der Waals surface area contributed by atoms with Crippen LogP contribution < -0.4 is 0 Å². The van der Waals surface area contributed by atoms with E-state index >= 15 is 0 Å². The molecule has 0 fully saturated rings. The average molecular weight is 529 g/mol. The topological polar surface area (TPSA) is 13.1 Å². The van der Waals surface area contributed by atoms with Gasteiger partial charge in [-0.3, -0.25) is 0 Å². The largest absolute Gasteiger partial charge is 0.455 e. The lowest BCUT2D eigenvalue weighted by Gasteiger charge is -2.11. The molecular formula is C38H24OS. The zero-order valence-electron chi connectivity index (χ0n) is 21.7. The predicted octanol–water partition coefficient (Wildman–Crippen LogP) is 11.5. The van der Waals surface area contributed by atoms with Gasteiger partial charge in [-0.2, -0.15) is 0 Å². The first-order chi connectivity index (χ1) is 19.8. The molecule has 0 unspecified atom stereocenters. The summed E-state index contributed by atoms with van der Waals surface area (Å²) in [6.45, 7) is 0. The highest BCUT2D eigenvalue weighted by Gasteiger charge is 2.23. The summed E-state index contributed by atoms with van der Waals surface area (Å²) < 4.78 is 9.58. The third kappa shape index (κ3) is 3.69. The molecule has 0 atom stereocenters. The molecule has 0 bridgehead atoms. The van der Waals surface area contributed by atoms with Crippen LogP contribution in [0.3, 0.4) is 0 Å². The third-order valence-corrected chi connectivity index (χ3v) is 8.84. The highest BCUT2D eigenvalue weighted by Crippen LogP contribution is 2.49. The highest BCUT2D eigenvalue weighted by molar-refractivity contribution is 7.26. The van der Waals surface area contributed by atoms with Crippen molar-refractivity contribution in [3.8, 4) is 44.9 Å². The summed E-state index contributed by atoms with van der Waals surface area (Å²) >= 11 is 1.84. The van der Waals surface area contributed by atoms with Crippen molar-refractivity contribution < 1.29 is 4.42 Å². The lowest BCUT2D eigenvalue weighted by molar-refractivity contribution is 0.603. The van der Waals surface area contributed by atoms with Crippen LogP contribution >= 0.6 is 11.3 Å². The fourth-order valence-electron chi connectivity index (χ4n) is 5.87. The molecule has 0 saturated heterocycles. The van der Waals surface area contributed by atoms with Gasteiger partial charge in [-0.15, -0.1) is 11.3 Å². The number of rotatable bonds is 4. The molecule has 0 aliphatic carbocycles. The van der Waals surface area contributed by atoms with Crippen LogP contribution in [-0.4, -0.2) is 0 Å². The first-order valence-electron chi connectivity index (χ1n) is 13.5. The quantitative estimate of drug-likeness (QED) is 0.221. The van der Waals surface area contributed by atoms with Gasteiger partial charge in [0, 0.05) is 42.1 Å². The van der Waals surface area contributed by atoms with E-state index in [2.05, 4.69) is 146 Å². The van der Waals surface area contributed by atoms with E-state index in [4.69, 9.17) is 4.42 Å². The van der Waals surface area contributed by atoms with Crippen molar-refractivity contribution in [1.29, 1.82) is 0 Å². The Hall–Kier alpha value is -4.92. The van der Waals surface area contributed by atoms with Crippen molar-refractivity contribution in [2.24, 2.45) is 0 Å². The molecule has 1 nitrogen and oxygen atoms in total. The second kappa shape index (κ2) is 9.37. The van der Waals surface area contributed by atoms with Gasteiger partial charge in [0.15, 0.2) is 0 Å². The van der Waals surface area contributed by atoms with E-state index in [-0.39, 0.29) is 0 Å². The fourth-order valence-corrected chi connectivity index (χ4v) is 6.99. The third-order valence-electron chi connectivity index (χ3n) is 7.71. The van der Waals surface area contributed by atoms with Gasteiger partial charge in [-0.05, 0) is 40.5 Å². The molecule has 188 valence electrons. The Balaban J connectivity index is 1.45. The molecule has 0 amide bonds. The molecule has 0 radical (unpaired) electrons. The normalized spacial score (nSPS) is 11.5. The van der Waals surface area contributed by atoms with Crippen molar-refractivity contribution in [2.75, 3.05) is 0 Å². The van der Waals surface area contributed by atoms with Gasteiger partial charge in [0.25, 0.3) is 0 Å². The van der Waals surface area contributed by atoms with Gasteiger partial charge in [-0.25, -0.2) is 0 Å². The van der Waals surface area contributed by atoms with Crippen LogP contribution in [0.5, 0.6) is 0 Å². The number of fused-ring (bicyclic) bond motifs is 4. The summed E-state index contributed by atoms with van der Waals surface area (Å²) in [5.41, 5.74) is 6.97. The van der Waals surface area contributed by atoms with Crippen molar-refractivity contribution in [3.63, 3.8) is 0 Å². The van der Waals surface area contributed by atoms with Crippen molar-refractivity contribution in [2.45, 2.75) is 0 Å². The number of benzene rings is 6. The summed E-state index contributed by atoms with van der Waals surface area (Å²) in [6, 6.07) is 51.7. The minimum atomic E-state index is 0.902. The van der Waals surface area contributed by atoms with E-state index in [9.17, 15) is 0 Å². The Morgan fingerprint density at radius 1 is 0.400 bits per heavy atom. The Labute approximate surface area is 236 Å². The van der Waals surface area contributed by atoms with E-state index in [1.165, 1.54) is 42.4 Å². The standard InChI is InChI=1S/C38H24OS/c1-3-12-25(13-4-1)27-16-11-17-28(24-27)37-30-18-7-8-19-31(30)38(39-37)36-29(26-14-5-2-6-15-26)22-23-34-35(36)32-20-9-10-21-33(32)40-34/h1-24H. The van der Waals surface area contributed by atoms with Crippen LogP contribution in [0.1, 0.15) is 0 Å². The van der Waals surface area contributed by atoms with Gasteiger partial charge in [0.05, 0.1) is 0 Å². The van der Waals surface area contributed by atoms with E-state index in [0.29, 0.717) is 0 Å². The lowest BCUT2D eigenvalue weighted by Crippen LogP contribution is -1.86. The molecule has 2 aromatic heterocycles. The van der Waals surface area contributed by atoms with Gasteiger partial charge in [0.2, 0.25) is 0 Å². The van der Waals surface area contributed by atoms with Crippen molar-refractivity contribution in [3.05, 3.63) is 146 Å². The summed E-state index contributed by atoms with van der Waals surface area (Å²) in [6.07, 6.45) is 0. The zero-order chi connectivity index (χ0) is 26.5. The zero-order valence-corrected chi connectivity index (χ0v) is 22.5. The van der Waals surface area contributed by atoms with Gasteiger partial charge >= 0.3 is 0 Å². The highest BCUT2D eigenvalue weighted by atomic mass is 32.1. The van der Waals surface area contributed by atoms with Crippen LogP contribution in [-0.2, 0) is 0 Å². The van der Waals surface area contributed by atoms with Crippen LogP contribution in [0.4, 0.5) is 0 Å². The molecule has 0 aliphatic heterocycles. The molecule has 6 aromatic carbocycles. The second-order valence-corrected chi connectivity index (χ2v) is 11.2. The maximum absolute atomic E-state index is 7.02. The predicted molar refractivity (Wildman–Crippen MR) is 171 cm³/mol. The van der Waals surface area contributed by atoms with Crippen molar-refractivity contribution in [1.82, 2.24) is 0 Å². The Morgan fingerprint density at radius 3 is 1.77 bits per heavy atom. The minimum absolute atomic E-state index is 0.902. The molecule has 40 heavy (non-hydrogen) atoms. The summed E-state index contributed by atoms with van der Waals surface area (Å²) in [5.74, 6) is 1.82. The lowest BCUT2D eigenvalue weighted by atomic mass is 9.92. The van der Waals surface area contributed by atoms with E-state index < -0.39 is 0 Å². The summed E-state index contributed by atoms with van der Waals surface area (Å²) in [4.78, 5) is 0. The summed E-state index contributed by atoms with van der Waals surface area (Å²) in [7, 11) is 0. The number of hydrogen-bond acceptors (Lipinski definition) is 2. The molecule has 8 aromatic rings. The molecular weight excluding hydrogens is 504 g/mol. The molecule has 2 heterocycles. The van der Waals surface area contributed by atoms with Crippen molar-refractivity contribution >= 4 is 42.3 Å². The van der Waals surface area contributed by atoms with Gasteiger partial charge in [-0.1, -0.05) is 127 Å². The van der Waals surface area contributed by atoms with Crippen LogP contribution in [0.15, 0.2) is 150 Å². The van der Waals surface area contributed by atoms with Crippen LogP contribution in [0.2, 0.25) is 0 Å². The van der Waals surface area contributed by atoms with E-state index in [0.717, 1.165) is 33.4 Å². The van der Waals surface area contributed by atoms with Gasteiger partial charge in [0.1, 0.15) is 11.5 Å². The van der Waals surface area contributed by atoms with Crippen LogP contribution in [0.25, 0.3) is 75.8 Å². The first-order valence-corrected chi connectivity index (χ1v) is 14.3. The smallest absolute Gasteiger partial charge is 0.143 e. The fraction of sp³-hybridized carbons (Fsp3) is 0. The maximum Gasteiger partial charge on any atom is 0.143 e. The maximum atomic E-state index is 7.02. The molecule has 0 aliphatic rings.